The van der Waals surface area contributed by atoms with Crippen LogP contribution in [0.3, 0.4) is 0 Å². The molecule has 1 aliphatic rings. The third-order valence-corrected chi connectivity index (χ3v) is 3.12. The minimum atomic E-state index is 0.245. The normalized spacial score (nSPS) is 16.1. The molecule has 0 aliphatic heterocycles. The van der Waals surface area contributed by atoms with Crippen LogP contribution in [0.1, 0.15) is 41.6 Å². The summed E-state index contributed by atoms with van der Waals surface area (Å²) in [6.07, 6.45) is 4.41. The van der Waals surface area contributed by atoms with Gasteiger partial charge in [0.1, 0.15) is 0 Å². The zero-order valence-corrected chi connectivity index (χ0v) is 9.12. The first-order valence-corrected chi connectivity index (χ1v) is 5.55. The number of ketones is 1. The number of anilines is 1. The van der Waals surface area contributed by atoms with Crippen LogP contribution in [0, 0.1) is 12.8 Å². The van der Waals surface area contributed by atoms with Crippen LogP contribution >= 0.6 is 0 Å². The fourth-order valence-electron chi connectivity index (χ4n) is 2.05. The Morgan fingerprint density at radius 2 is 2.13 bits per heavy atom. The van der Waals surface area contributed by atoms with E-state index in [0.717, 1.165) is 11.1 Å². The Bertz CT molecular complexity index is 360. The second kappa shape index (κ2) is 4.05. The van der Waals surface area contributed by atoms with E-state index in [0.29, 0.717) is 18.0 Å². The average Bonchev–Trinajstić information content (AvgIpc) is 2.09. The maximum absolute atomic E-state index is 11.9. The molecule has 1 aliphatic carbocycles. The standard InChI is InChI=1S/C13H17NO/c1-9-5-11(8-12(14)6-9)13(15)7-10-3-2-4-10/h5-6,8,10H,2-4,7,14H2,1H3. The van der Waals surface area contributed by atoms with Crippen LogP contribution in [0.4, 0.5) is 5.69 Å². The smallest absolute Gasteiger partial charge is 0.163 e. The van der Waals surface area contributed by atoms with Crippen LogP contribution in [-0.2, 0) is 0 Å². The maximum atomic E-state index is 11.9. The van der Waals surface area contributed by atoms with Gasteiger partial charge in [0.25, 0.3) is 0 Å². The molecule has 0 saturated heterocycles. The molecule has 2 N–H and O–H groups in total. The lowest BCUT2D eigenvalue weighted by atomic mass is 9.81. The van der Waals surface area contributed by atoms with Crippen LogP contribution in [0.5, 0.6) is 0 Å². The van der Waals surface area contributed by atoms with Gasteiger partial charge in [-0.25, -0.2) is 0 Å². The van der Waals surface area contributed by atoms with Crippen molar-refractivity contribution in [1.29, 1.82) is 0 Å². The maximum Gasteiger partial charge on any atom is 0.163 e. The Morgan fingerprint density at radius 3 is 2.67 bits per heavy atom. The van der Waals surface area contributed by atoms with Crippen molar-refractivity contribution < 1.29 is 4.79 Å². The predicted octanol–water partition coefficient (Wildman–Crippen LogP) is 2.95. The summed E-state index contributed by atoms with van der Waals surface area (Å²) in [6, 6.07) is 5.60. The number of carbonyl (C=O) groups excluding carboxylic acids is 1. The van der Waals surface area contributed by atoms with Crippen molar-refractivity contribution in [2.45, 2.75) is 32.6 Å². The number of nitrogen functional groups attached to an aromatic ring is 1. The zero-order chi connectivity index (χ0) is 10.8. The Labute approximate surface area is 90.5 Å². The van der Waals surface area contributed by atoms with Gasteiger partial charge in [-0.3, -0.25) is 4.79 Å². The molecule has 2 nitrogen and oxygen atoms in total. The van der Waals surface area contributed by atoms with Crippen molar-refractivity contribution in [3.8, 4) is 0 Å². The topological polar surface area (TPSA) is 43.1 Å². The van der Waals surface area contributed by atoms with Crippen LogP contribution in [0.25, 0.3) is 0 Å². The van der Waals surface area contributed by atoms with Crippen molar-refractivity contribution in [1.82, 2.24) is 0 Å². The van der Waals surface area contributed by atoms with E-state index in [4.69, 9.17) is 5.73 Å². The number of Topliss-reactive ketones (excluding diaryl/α,β-unsaturated/α-hetero) is 1. The molecule has 0 spiro atoms. The molecular formula is C13H17NO. The van der Waals surface area contributed by atoms with Gasteiger partial charge in [0.05, 0.1) is 0 Å². The molecule has 1 aromatic carbocycles. The molecule has 1 aromatic rings. The molecule has 0 atom stereocenters. The predicted molar refractivity (Wildman–Crippen MR) is 61.9 cm³/mol. The van der Waals surface area contributed by atoms with Gasteiger partial charge >= 0.3 is 0 Å². The van der Waals surface area contributed by atoms with E-state index in [9.17, 15) is 4.79 Å². The summed E-state index contributed by atoms with van der Waals surface area (Å²) in [5.74, 6) is 0.870. The van der Waals surface area contributed by atoms with Crippen LogP contribution in [0.2, 0.25) is 0 Å². The monoisotopic (exact) mass is 203 g/mol. The highest BCUT2D eigenvalue weighted by Crippen LogP contribution is 2.30. The van der Waals surface area contributed by atoms with Crippen LogP contribution in [-0.4, -0.2) is 5.78 Å². The van der Waals surface area contributed by atoms with Gasteiger partial charge < -0.3 is 5.73 Å². The van der Waals surface area contributed by atoms with Gasteiger partial charge in [-0.1, -0.05) is 19.3 Å². The Balaban J connectivity index is 2.10. The van der Waals surface area contributed by atoms with Crippen molar-refractivity contribution in [2.24, 2.45) is 5.92 Å². The molecule has 2 rings (SSSR count). The van der Waals surface area contributed by atoms with Gasteiger partial charge in [-0.05, 0) is 36.6 Å². The highest BCUT2D eigenvalue weighted by Gasteiger charge is 2.21. The first-order chi connectivity index (χ1) is 7.15. The van der Waals surface area contributed by atoms with Crippen molar-refractivity contribution in [3.05, 3.63) is 29.3 Å². The highest BCUT2D eigenvalue weighted by molar-refractivity contribution is 5.97. The van der Waals surface area contributed by atoms with E-state index >= 15 is 0 Å². The molecule has 0 radical (unpaired) electrons. The molecule has 1 fully saturated rings. The summed E-state index contributed by atoms with van der Waals surface area (Å²) < 4.78 is 0. The van der Waals surface area contributed by atoms with Gasteiger partial charge in [0.15, 0.2) is 5.78 Å². The quantitative estimate of drug-likeness (QED) is 0.606. The molecule has 15 heavy (non-hydrogen) atoms. The van der Waals surface area contributed by atoms with E-state index in [1.165, 1.54) is 19.3 Å². The number of hydrogen-bond acceptors (Lipinski definition) is 2. The van der Waals surface area contributed by atoms with Gasteiger partial charge in [0, 0.05) is 17.7 Å². The number of hydrogen-bond donors (Lipinski definition) is 1. The largest absolute Gasteiger partial charge is 0.399 e. The number of nitrogens with two attached hydrogens (primary N) is 1. The minimum absolute atomic E-state index is 0.245. The summed E-state index contributed by atoms with van der Waals surface area (Å²) in [6.45, 7) is 1.97. The molecule has 2 heteroatoms. The summed E-state index contributed by atoms with van der Waals surface area (Å²) >= 11 is 0. The zero-order valence-electron chi connectivity index (χ0n) is 9.12. The Morgan fingerprint density at radius 1 is 1.40 bits per heavy atom. The van der Waals surface area contributed by atoms with Crippen molar-refractivity contribution in [3.63, 3.8) is 0 Å². The summed E-state index contributed by atoms with van der Waals surface area (Å²) in [5, 5.41) is 0. The fraction of sp³-hybridized carbons (Fsp3) is 0.462. The van der Waals surface area contributed by atoms with E-state index in [1.54, 1.807) is 6.07 Å². The van der Waals surface area contributed by atoms with E-state index in [-0.39, 0.29) is 5.78 Å². The first kappa shape index (κ1) is 10.2. The molecule has 0 unspecified atom stereocenters. The summed E-state index contributed by atoms with van der Waals surface area (Å²) in [5.41, 5.74) is 8.25. The van der Waals surface area contributed by atoms with Gasteiger partial charge in [0.2, 0.25) is 0 Å². The third kappa shape index (κ3) is 2.38. The molecule has 0 amide bonds. The van der Waals surface area contributed by atoms with E-state index in [2.05, 4.69) is 0 Å². The van der Waals surface area contributed by atoms with E-state index < -0.39 is 0 Å². The lowest BCUT2D eigenvalue weighted by molar-refractivity contribution is 0.0936. The molecular weight excluding hydrogens is 186 g/mol. The van der Waals surface area contributed by atoms with Crippen LogP contribution in [0.15, 0.2) is 18.2 Å². The molecule has 1 saturated carbocycles. The second-order valence-electron chi connectivity index (χ2n) is 4.56. The highest BCUT2D eigenvalue weighted by atomic mass is 16.1. The molecule has 0 bridgehead atoms. The van der Waals surface area contributed by atoms with Gasteiger partial charge in [-0.15, -0.1) is 0 Å². The SMILES string of the molecule is Cc1cc(N)cc(C(=O)CC2CCC2)c1. The van der Waals surface area contributed by atoms with E-state index in [1.807, 2.05) is 19.1 Å². The molecule has 0 heterocycles. The van der Waals surface area contributed by atoms with Crippen molar-refractivity contribution in [2.75, 3.05) is 5.73 Å². The summed E-state index contributed by atoms with van der Waals surface area (Å²) in [4.78, 5) is 11.9. The Hall–Kier alpha value is -1.31. The average molecular weight is 203 g/mol. The number of benzene rings is 1. The minimum Gasteiger partial charge on any atom is -0.399 e. The van der Waals surface area contributed by atoms with Crippen molar-refractivity contribution >= 4 is 11.5 Å². The lowest BCUT2D eigenvalue weighted by Crippen LogP contribution is -2.16. The van der Waals surface area contributed by atoms with Gasteiger partial charge in [-0.2, -0.15) is 0 Å². The third-order valence-electron chi connectivity index (χ3n) is 3.12. The summed E-state index contributed by atoms with van der Waals surface area (Å²) in [7, 11) is 0. The number of rotatable bonds is 3. The number of carbonyl (C=O) groups is 1. The molecule has 80 valence electrons. The lowest BCUT2D eigenvalue weighted by Gasteiger charge is -2.24. The number of aryl methyl sites for hydroxylation is 1. The molecule has 0 aromatic heterocycles. The van der Waals surface area contributed by atoms with Crippen LogP contribution < -0.4 is 5.73 Å². The first-order valence-electron chi connectivity index (χ1n) is 5.55. The Kier molecular flexibility index (Phi) is 2.76. The second-order valence-corrected chi connectivity index (χ2v) is 4.56. The fourth-order valence-corrected chi connectivity index (χ4v) is 2.05.